The van der Waals surface area contributed by atoms with Crippen molar-refractivity contribution in [2.24, 2.45) is 0 Å². The lowest BCUT2D eigenvalue weighted by atomic mass is 10.0. The molecule has 1 N–H and O–H groups in total. The summed E-state index contributed by atoms with van der Waals surface area (Å²) in [5.74, 6) is -0.288. The quantitative estimate of drug-likeness (QED) is 0.906. The second kappa shape index (κ2) is 5.83. The van der Waals surface area contributed by atoms with Gasteiger partial charge < -0.3 is 5.32 Å². The van der Waals surface area contributed by atoms with E-state index in [0.29, 0.717) is 5.69 Å². The average molecular weight is 250 g/mol. The van der Waals surface area contributed by atoms with Gasteiger partial charge in [0.05, 0.1) is 6.07 Å². The van der Waals surface area contributed by atoms with Crippen LogP contribution in [0, 0.1) is 18.3 Å². The number of nitrogens with one attached hydrogen (secondary N) is 1. The molecule has 0 unspecified atom stereocenters. The molecule has 94 valence electrons. The molecule has 0 spiro atoms. The van der Waals surface area contributed by atoms with Gasteiger partial charge in [0.15, 0.2) is 0 Å². The standard InChI is InChI=1S/C16H14N2O/c1-12-5-2-3-8-15(12)13-6-4-7-14(11-13)18-16(19)9-10-17/h2-8,11H,9H2,1H3,(H,18,19). The highest BCUT2D eigenvalue weighted by Gasteiger charge is 2.04. The van der Waals surface area contributed by atoms with Crippen LogP contribution in [0.5, 0.6) is 0 Å². The molecule has 19 heavy (non-hydrogen) atoms. The van der Waals surface area contributed by atoms with E-state index >= 15 is 0 Å². The van der Waals surface area contributed by atoms with Crippen LogP contribution < -0.4 is 5.32 Å². The number of carbonyl (C=O) groups excluding carboxylic acids is 1. The number of aryl methyl sites for hydroxylation is 1. The fourth-order valence-corrected chi connectivity index (χ4v) is 1.94. The Hall–Kier alpha value is -2.60. The van der Waals surface area contributed by atoms with Crippen LogP contribution in [0.25, 0.3) is 11.1 Å². The fraction of sp³-hybridized carbons (Fsp3) is 0.125. The lowest BCUT2D eigenvalue weighted by Crippen LogP contribution is -2.09. The van der Waals surface area contributed by atoms with Crippen LogP contribution in [0.15, 0.2) is 48.5 Å². The molecule has 0 fully saturated rings. The van der Waals surface area contributed by atoms with E-state index in [0.717, 1.165) is 11.1 Å². The van der Waals surface area contributed by atoms with E-state index in [1.165, 1.54) is 5.56 Å². The van der Waals surface area contributed by atoms with Crippen LogP contribution in [0.4, 0.5) is 5.69 Å². The van der Waals surface area contributed by atoms with Gasteiger partial charge in [-0.1, -0.05) is 36.4 Å². The Kier molecular flexibility index (Phi) is 3.94. The van der Waals surface area contributed by atoms with Crippen molar-refractivity contribution >= 4 is 11.6 Å². The maximum absolute atomic E-state index is 11.4. The summed E-state index contributed by atoms with van der Waals surface area (Å²) in [4.78, 5) is 11.4. The van der Waals surface area contributed by atoms with Crippen molar-refractivity contribution in [3.05, 3.63) is 54.1 Å². The number of hydrogen-bond acceptors (Lipinski definition) is 2. The number of carbonyl (C=O) groups is 1. The van der Waals surface area contributed by atoms with Gasteiger partial charge in [0.1, 0.15) is 6.42 Å². The summed E-state index contributed by atoms with van der Waals surface area (Å²) >= 11 is 0. The van der Waals surface area contributed by atoms with E-state index in [2.05, 4.69) is 18.3 Å². The van der Waals surface area contributed by atoms with Gasteiger partial charge in [-0.25, -0.2) is 0 Å². The van der Waals surface area contributed by atoms with Gasteiger partial charge in [0.25, 0.3) is 0 Å². The van der Waals surface area contributed by atoms with E-state index in [-0.39, 0.29) is 12.3 Å². The second-order valence-corrected chi connectivity index (χ2v) is 4.28. The minimum Gasteiger partial charge on any atom is -0.325 e. The van der Waals surface area contributed by atoms with E-state index in [4.69, 9.17) is 5.26 Å². The first-order chi connectivity index (χ1) is 9.20. The van der Waals surface area contributed by atoms with Crippen molar-refractivity contribution in [3.63, 3.8) is 0 Å². The van der Waals surface area contributed by atoms with E-state index < -0.39 is 0 Å². The van der Waals surface area contributed by atoms with Crippen molar-refractivity contribution in [2.75, 3.05) is 5.32 Å². The lowest BCUT2D eigenvalue weighted by Gasteiger charge is -2.08. The molecule has 0 aliphatic heterocycles. The monoisotopic (exact) mass is 250 g/mol. The molecule has 2 aromatic carbocycles. The molecule has 2 rings (SSSR count). The summed E-state index contributed by atoms with van der Waals surface area (Å²) in [6.45, 7) is 2.05. The molecule has 0 saturated heterocycles. The van der Waals surface area contributed by atoms with Crippen LogP contribution in [-0.4, -0.2) is 5.91 Å². The van der Waals surface area contributed by atoms with Crippen molar-refractivity contribution in [2.45, 2.75) is 13.3 Å². The van der Waals surface area contributed by atoms with Crippen molar-refractivity contribution in [1.82, 2.24) is 0 Å². The Morgan fingerprint density at radius 1 is 1.21 bits per heavy atom. The number of benzene rings is 2. The number of anilines is 1. The van der Waals surface area contributed by atoms with Gasteiger partial charge in [-0.15, -0.1) is 0 Å². The van der Waals surface area contributed by atoms with Crippen LogP contribution in [0.2, 0.25) is 0 Å². The molecule has 0 aromatic heterocycles. The molecule has 0 atom stereocenters. The van der Waals surface area contributed by atoms with Gasteiger partial charge in [0.2, 0.25) is 5.91 Å². The molecule has 0 heterocycles. The molecule has 0 aliphatic carbocycles. The molecule has 0 saturated carbocycles. The van der Waals surface area contributed by atoms with Gasteiger partial charge in [-0.3, -0.25) is 4.79 Å². The third-order valence-electron chi connectivity index (χ3n) is 2.84. The average Bonchev–Trinajstić information content (AvgIpc) is 2.40. The third kappa shape index (κ3) is 3.20. The number of amides is 1. The predicted octanol–water partition coefficient (Wildman–Crippen LogP) is 3.51. The summed E-state index contributed by atoms with van der Waals surface area (Å²) in [5.41, 5.74) is 4.08. The van der Waals surface area contributed by atoms with E-state index in [1.807, 2.05) is 48.5 Å². The van der Waals surface area contributed by atoms with Crippen LogP contribution in [-0.2, 0) is 4.79 Å². The first-order valence-corrected chi connectivity index (χ1v) is 6.03. The Bertz CT molecular complexity index is 641. The highest BCUT2D eigenvalue weighted by Crippen LogP contribution is 2.25. The first-order valence-electron chi connectivity index (χ1n) is 6.03. The number of nitrogens with zero attached hydrogens (tertiary/aromatic N) is 1. The highest BCUT2D eigenvalue weighted by atomic mass is 16.1. The van der Waals surface area contributed by atoms with E-state index in [1.54, 1.807) is 0 Å². The molecular weight excluding hydrogens is 236 g/mol. The molecular formula is C16H14N2O. The zero-order valence-corrected chi connectivity index (χ0v) is 10.7. The Morgan fingerprint density at radius 3 is 2.74 bits per heavy atom. The topological polar surface area (TPSA) is 52.9 Å². The summed E-state index contributed by atoms with van der Waals surface area (Å²) < 4.78 is 0. The van der Waals surface area contributed by atoms with Crippen LogP contribution in [0.1, 0.15) is 12.0 Å². The Labute approximate surface area is 112 Å². The SMILES string of the molecule is Cc1ccccc1-c1cccc(NC(=O)CC#N)c1. The van der Waals surface area contributed by atoms with Crippen molar-refractivity contribution in [1.29, 1.82) is 5.26 Å². The fourth-order valence-electron chi connectivity index (χ4n) is 1.94. The number of nitriles is 1. The molecule has 0 aliphatic rings. The maximum Gasteiger partial charge on any atom is 0.238 e. The Balaban J connectivity index is 2.28. The minimum atomic E-state index is -0.288. The Morgan fingerprint density at radius 2 is 2.00 bits per heavy atom. The maximum atomic E-state index is 11.4. The molecule has 2 aromatic rings. The minimum absolute atomic E-state index is 0.130. The number of hydrogen-bond donors (Lipinski definition) is 1. The third-order valence-corrected chi connectivity index (χ3v) is 2.84. The predicted molar refractivity (Wildman–Crippen MR) is 75.5 cm³/mol. The smallest absolute Gasteiger partial charge is 0.238 e. The largest absolute Gasteiger partial charge is 0.325 e. The summed E-state index contributed by atoms with van der Waals surface area (Å²) in [6.07, 6.45) is -0.130. The lowest BCUT2D eigenvalue weighted by molar-refractivity contribution is -0.115. The van der Waals surface area contributed by atoms with Gasteiger partial charge in [0, 0.05) is 5.69 Å². The molecule has 3 heteroatoms. The molecule has 0 bridgehead atoms. The van der Waals surface area contributed by atoms with Crippen LogP contribution >= 0.6 is 0 Å². The zero-order valence-electron chi connectivity index (χ0n) is 10.7. The highest BCUT2D eigenvalue weighted by molar-refractivity contribution is 5.92. The normalized spacial score (nSPS) is 9.68. The van der Waals surface area contributed by atoms with Crippen LogP contribution in [0.3, 0.4) is 0 Å². The van der Waals surface area contributed by atoms with Gasteiger partial charge in [-0.2, -0.15) is 5.26 Å². The van der Waals surface area contributed by atoms with E-state index in [9.17, 15) is 4.79 Å². The van der Waals surface area contributed by atoms with Crippen molar-refractivity contribution < 1.29 is 4.79 Å². The molecule has 1 amide bonds. The second-order valence-electron chi connectivity index (χ2n) is 4.28. The van der Waals surface area contributed by atoms with Crippen molar-refractivity contribution in [3.8, 4) is 17.2 Å². The number of rotatable bonds is 3. The van der Waals surface area contributed by atoms with Gasteiger partial charge in [-0.05, 0) is 35.7 Å². The summed E-state index contributed by atoms with van der Waals surface area (Å²) in [5, 5.41) is 11.2. The summed E-state index contributed by atoms with van der Waals surface area (Å²) in [7, 11) is 0. The first kappa shape index (κ1) is 12.8. The summed E-state index contributed by atoms with van der Waals surface area (Å²) in [6, 6.07) is 17.5. The molecule has 0 radical (unpaired) electrons. The molecule has 3 nitrogen and oxygen atoms in total. The zero-order chi connectivity index (χ0) is 13.7. The van der Waals surface area contributed by atoms with Gasteiger partial charge >= 0.3 is 0 Å².